The predicted molar refractivity (Wildman–Crippen MR) is 74.4 cm³/mol. The van der Waals surface area contributed by atoms with E-state index in [1.807, 2.05) is 0 Å². The van der Waals surface area contributed by atoms with Gasteiger partial charge in [0.15, 0.2) is 5.65 Å². The molecule has 2 aromatic heterocycles. The topological polar surface area (TPSA) is 82.8 Å². The lowest BCUT2D eigenvalue weighted by Gasteiger charge is -2.10. The van der Waals surface area contributed by atoms with Gasteiger partial charge in [-0.2, -0.15) is 5.10 Å². The summed E-state index contributed by atoms with van der Waals surface area (Å²) in [5.74, 6) is -0.933. The van der Waals surface area contributed by atoms with E-state index >= 15 is 0 Å². The van der Waals surface area contributed by atoms with Gasteiger partial charge in [0.25, 0.3) is 0 Å². The van der Waals surface area contributed by atoms with Crippen LogP contribution >= 0.6 is 0 Å². The zero-order valence-electron chi connectivity index (χ0n) is 12.5. The standard InChI is InChI=1S/C14H17N3O4/c1-5-20-13(18)10-7-15-17-9(4)11(14(19)21-6-2)8(3)16-12(10)17/h7H,5-6H2,1-4H3. The van der Waals surface area contributed by atoms with E-state index < -0.39 is 11.9 Å². The molecule has 0 radical (unpaired) electrons. The van der Waals surface area contributed by atoms with Crippen LogP contribution in [0.1, 0.15) is 46.0 Å². The number of ether oxygens (including phenoxy) is 2. The van der Waals surface area contributed by atoms with E-state index in [9.17, 15) is 9.59 Å². The molecule has 0 unspecified atom stereocenters. The predicted octanol–water partition coefficient (Wildman–Crippen LogP) is 1.70. The Morgan fingerprint density at radius 3 is 2.38 bits per heavy atom. The van der Waals surface area contributed by atoms with Crippen molar-refractivity contribution in [1.82, 2.24) is 14.6 Å². The Balaban J connectivity index is 2.59. The molecule has 0 atom stereocenters. The fourth-order valence-corrected chi connectivity index (χ4v) is 2.13. The number of hydrogen-bond donors (Lipinski definition) is 0. The minimum atomic E-state index is -0.484. The molecule has 2 rings (SSSR count). The van der Waals surface area contributed by atoms with Gasteiger partial charge >= 0.3 is 11.9 Å². The van der Waals surface area contributed by atoms with E-state index in [0.717, 1.165) is 0 Å². The second-order valence-electron chi connectivity index (χ2n) is 4.39. The summed E-state index contributed by atoms with van der Waals surface area (Å²) in [4.78, 5) is 28.1. The number of hydrogen-bond acceptors (Lipinski definition) is 6. The molecule has 2 heterocycles. The minimum Gasteiger partial charge on any atom is -0.462 e. The van der Waals surface area contributed by atoms with Gasteiger partial charge in [-0.1, -0.05) is 0 Å². The first-order valence-corrected chi connectivity index (χ1v) is 6.70. The first kappa shape index (κ1) is 15.0. The molecule has 0 saturated carbocycles. The van der Waals surface area contributed by atoms with Crippen molar-refractivity contribution in [1.29, 1.82) is 0 Å². The van der Waals surface area contributed by atoms with Crippen LogP contribution < -0.4 is 0 Å². The van der Waals surface area contributed by atoms with Crippen LogP contribution in [0.4, 0.5) is 0 Å². The molecular weight excluding hydrogens is 274 g/mol. The summed E-state index contributed by atoms with van der Waals surface area (Å²) < 4.78 is 11.4. The van der Waals surface area contributed by atoms with Crippen LogP contribution in [0.25, 0.3) is 5.65 Å². The number of aryl methyl sites for hydroxylation is 2. The summed E-state index contributed by atoms with van der Waals surface area (Å²) in [5, 5.41) is 4.11. The van der Waals surface area contributed by atoms with Crippen molar-refractivity contribution >= 4 is 17.6 Å². The number of carbonyl (C=O) groups excluding carboxylic acids is 2. The largest absolute Gasteiger partial charge is 0.462 e. The van der Waals surface area contributed by atoms with Crippen LogP contribution in [-0.4, -0.2) is 39.8 Å². The fourth-order valence-electron chi connectivity index (χ4n) is 2.13. The van der Waals surface area contributed by atoms with Crippen molar-refractivity contribution in [2.24, 2.45) is 0 Å². The van der Waals surface area contributed by atoms with Crippen molar-refractivity contribution in [3.05, 3.63) is 28.7 Å². The van der Waals surface area contributed by atoms with Crippen molar-refractivity contribution < 1.29 is 19.1 Å². The van der Waals surface area contributed by atoms with E-state index in [1.54, 1.807) is 27.7 Å². The number of fused-ring (bicyclic) bond motifs is 1. The van der Waals surface area contributed by atoms with Gasteiger partial charge < -0.3 is 9.47 Å². The maximum absolute atomic E-state index is 12.0. The van der Waals surface area contributed by atoms with E-state index in [1.165, 1.54) is 10.7 Å². The molecule has 0 aromatic carbocycles. The summed E-state index contributed by atoms with van der Waals surface area (Å²) in [6.45, 7) is 7.45. The first-order chi connectivity index (χ1) is 10.0. The number of esters is 2. The Morgan fingerprint density at radius 1 is 1.14 bits per heavy atom. The Morgan fingerprint density at radius 2 is 1.76 bits per heavy atom. The number of nitrogens with zero attached hydrogens (tertiary/aromatic N) is 3. The molecule has 0 aliphatic carbocycles. The van der Waals surface area contributed by atoms with E-state index in [0.29, 0.717) is 22.6 Å². The van der Waals surface area contributed by atoms with Crippen LogP contribution in [0.2, 0.25) is 0 Å². The molecule has 21 heavy (non-hydrogen) atoms. The number of rotatable bonds is 4. The Kier molecular flexibility index (Phi) is 4.21. The Bertz CT molecular complexity index is 706. The highest BCUT2D eigenvalue weighted by Crippen LogP contribution is 2.18. The Hall–Kier alpha value is -2.44. The molecule has 0 bridgehead atoms. The molecule has 7 heteroatoms. The molecule has 0 spiro atoms. The Labute approximate surface area is 121 Å². The average Bonchev–Trinajstić information content (AvgIpc) is 2.83. The summed E-state index contributed by atoms with van der Waals surface area (Å²) in [5.41, 5.74) is 2.08. The van der Waals surface area contributed by atoms with Crippen molar-refractivity contribution in [2.75, 3.05) is 13.2 Å². The van der Waals surface area contributed by atoms with Gasteiger partial charge in [-0.25, -0.2) is 19.1 Å². The third-order valence-corrected chi connectivity index (χ3v) is 3.03. The van der Waals surface area contributed by atoms with Gasteiger partial charge in [-0.05, 0) is 27.7 Å². The van der Waals surface area contributed by atoms with Gasteiger partial charge in [0.05, 0.1) is 30.8 Å². The second kappa shape index (κ2) is 5.90. The molecule has 0 aliphatic rings. The quantitative estimate of drug-likeness (QED) is 0.797. The minimum absolute atomic E-state index is 0.273. The highest BCUT2D eigenvalue weighted by atomic mass is 16.5. The second-order valence-corrected chi connectivity index (χ2v) is 4.39. The molecule has 0 N–H and O–H groups in total. The third kappa shape index (κ3) is 2.58. The number of aromatic nitrogens is 3. The molecule has 0 fully saturated rings. The lowest BCUT2D eigenvalue weighted by atomic mass is 10.1. The van der Waals surface area contributed by atoms with Crippen molar-refractivity contribution in [2.45, 2.75) is 27.7 Å². The summed E-state index contributed by atoms with van der Waals surface area (Å²) in [7, 11) is 0. The van der Waals surface area contributed by atoms with Crippen LogP contribution in [-0.2, 0) is 9.47 Å². The van der Waals surface area contributed by atoms with Crippen LogP contribution in [0.15, 0.2) is 6.20 Å². The summed E-state index contributed by atoms with van der Waals surface area (Å²) in [6.07, 6.45) is 1.39. The van der Waals surface area contributed by atoms with E-state index in [-0.39, 0.29) is 18.8 Å². The van der Waals surface area contributed by atoms with E-state index in [4.69, 9.17) is 9.47 Å². The van der Waals surface area contributed by atoms with Gasteiger partial charge in [0.2, 0.25) is 0 Å². The lowest BCUT2D eigenvalue weighted by Crippen LogP contribution is -2.14. The fraction of sp³-hybridized carbons (Fsp3) is 0.429. The van der Waals surface area contributed by atoms with Crippen LogP contribution in [0.5, 0.6) is 0 Å². The van der Waals surface area contributed by atoms with Gasteiger partial charge in [0, 0.05) is 0 Å². The molecule has 7 nitrogen and oxygen atoms in total. The van der Waals surface area contributed by atoms with Gasteiger partial charge in [0.1, 0.15) is 11.1 Å². The monoisotopic (exact) mass is 291 g/mol. The molecule has 112 valence electrons. The average molecular weight is 291 g/mol. The van der Waals surface area contributed by atoms with E-state index in [2.05, 4.69) is 10.1 Å². The first-order valence-electron chi connectivity index (χ1n) is 6.70. The van der Waals surface area contributed by atoms with Crippen molar-refractivity contribution in [3.63, 3.8) is 0 Å². The number of carbonyl (C=O) groups is 2. The summed E-state index contributed by atoms with van der Waals surface area (Å²) >= 11 is 0. The SMILES string of the molecule is CCOC(=O)c1c(C)nc2c(C(=O)OCC)cnn2c1C. The highest BCUT2D eigenvalue weighted by molar-refractivity contribution is 5.97. The lowest BCUT2D eigenvalue weighted by molar-refractivity contribution is 0.0517. The van der Waals surface area contributed by atoms with Crippen molar-refractivity contribution in [3.8, 4) is 0 Å². The smallest absolute Gasteiger partial charge is 0.343 e. The molecular formula is C14H17N3O4. The van der Waals surface area contributed by atoms with Crippen LogP contribution in [0.3, 0.4) is 0 Å². The van der Waals surface area contributed by atoms with Gasteiger partial charge in [-0.15, -0.1) is 0 Å². The maximum atomic E-state index is 12.0. The molecule has 2 aromatic rings. The molecule has 0 saturated heterocycles. The maximum Gasteiger partial charge on any atom is 0.343 e. The van der Waals surface area contributed by atoms with Gasteiger partial charge in [-0.3, -0.25) is 0 Å². The molecule has 0 aliphatic heterocycles. The summed E-state index contributed by atoms with van der Waals surface area (Å²) in [6, 6.07) is 0. The zero-order valence-corrected chi connectivity index (χ0v) is 12.5. The van der Waals surface area contributed by atoms with Crippen LogP contribution in [0, 0.1) is 13.8 Å². The zero-order chi connectivity index (χ0) is 15.6. The normalized spacial score (nSPS) is 10.7. The third-order valence-electron chi connectivity index (χ3n) is 3.03. The highest BCUT2D eigenvalue weighted by Gasteiger charge is 2.22. The molecule has 0 amide bonds.